The molecule has 5 heteroatoms. The Kier molecular flexibility index (Phi) is 4.02. The van der Waals surface area contributed by atoms with Gasteiger partial charge in [-0.25, -0.2) is 9.78 Å². The number of aromatic carboxylic acids is 1. The average molecular weight is 278 g/mol. The van der Waals surface area contributed by atoms with Crippen LogP contribution < -0.4 is 4.74 Å². The van der Waals surface area contributed by atoms with Crippen LogP contribution in [0.1, 0.15) is 21.6 Å². The van der Waals surface area contributed by atoms with Crippen LogP contribution in [0.5, 0.6) is 5.88 Å². The second-order valence-electron chi connectivity index (χ2n) is 4.03. The van der Waals surface area contributed by atoms with Gasteiger partial charge in [0.25, 0.3) is 0 Å². The lowest BCUT2D eigenvalue weighted by Gasteiger charge is -2.09. The molecule has 1 N–H and O–H groups in total. The van der Waals surface area contributed by atoms with Gasteiger partial charge >= 0.3 is 5.97 Å². The SMILES string of the molecule is Cc1ccc(C(=O)O)c(OCc2ccc(Cl)cc2)n1. The van der Waals surface area contributed by atoms with Crippen molar-refractivity contribution < 1.29 is 14.6 Å². The van der Waals surface area contributed by atoms with E-state index in [1.807, 2.05) is 12.1 Å². The van der Waals surface area contributed by atoms with Crippen molar-refractivity contribution in [1.29, 1.82) is 0 Å². The Morgan fingerprint density at radius 1 is 1.26 bits per heavy atom. The number of carboxylic acids is 1. The molecule has 0 saturated carbocycles. The quantitative estimate of drug-likeness (QED) is 0.931. The standard InChI is InChI=1S/C14H12ClNO3/c1-9-2-7-12(14(17)18)13(16-9)19-8-10-3-5-11(15)6-4-10/h2-7H,8H2,1H3,(H,17,18). The lowest BCUT2D eigenvalue weighted by molar-refractivity contribution is 0.0690. The molecule has 98 valence electrons. The highest BCUT2D eigenvalue weighted by atomic mass is 35.5. The molecule has 2 rings (SSSR count). The van der Waals surface area contributed by atoms with Gasteiger partial charge in [-0.15, -0.1) is 0 Å². The first-order chi connectivity index (χ1) is 9.06. The molecule has 0 saturated heterocycles. The van der Waals surface area contributed by atoms with E-state index in [1.165, 1.54) is 6.07 Å². The molecule has 0 atom stereocenters. The fraction of sp³-hybridized carbons (Fsp3) is 0.143. The number of nitrogens with zero attached hydrogens (tertiary/aromatic N) is 1. The van der Waals surface area contributed by atoms with Crippen molar-refractivity contribution >= 4 is 17.6 Å². The van der Waals surface area contributed by atoms with Gasteiger partial charge in [-0.1, -0.05) is 23.7 Å². The summed E-state index contributed by atoms with van der Waals surface area (Å²) >= 11 is 5.79. The van der Waals surface area contributed by atoms with Gasteiger partial charge in [-0.05, 0) is 36.8 Å². The molecule has 0 aliphatic carbocycles. The molecule has 2 aromatic rings. The molecule has 1 aromatic carbocycles. The number of aryl methyl sites for hydroxylation is 1. The smallest absolute Gasteiger partial charge is 0.341 e. The van der Waals surface area contributed by atoms with Gasteiger partial charge in [0.1, 0.15) is 12.2 Å². The first kappa shape index (κ1) is 13.4. The lowest BCUT2D eigenvalue weighted by Crippen LogP contribution is -2.06. The van der Waals surface area contributed by atoms with Crippen molar-refractivity contribution in [1.82, 2.24) is 4.98 Å². The third kappa shape index (κ3) is 3.45. The molecule has 0 amide bonds. The number of carbonyl (C=O) groups is 1. The van der Waals surface area contributed by atoms with Gasteiger partial charge in [0.2, 0.25) is 5.88 Å². The van der Waals surface area contributed by atoms with Crippen LogP contribution in [0, 0.1) is 6.92 Å². The van der Waals surface area contributed by atoms with Gasteiger partial charge in [0.15, 0.2) is 0 Å². The van der Waals surface area contributed by atoms with Crippen molar-refractivity contribution in [2.24, 2.45) is 0 Å². The zero-order chi connectivity index (χ0) is 13.8. The lowest BCUT2D eigenvalue weighted by atomic mass is 10.2. The molecule has 0 aliphatic rings. The number of benzene rings is 1. The van der Waals surface area contributed by atoms with Crippen LogP contribution in [0.25, 0.3) is 0 Å². The number of hydrogen-bond acceptors (Lipinski definition) is 3. The van der Waals surface area contributed by atoms with Crippen LogP contribution in [0.2, 0.25) is 5.02 Å². The van der Waals surface area contributed by atoms with Crippen LogP contribution in [-0.2, 0) is 6.61 Å². The predicted molar refractivity (Wildman–Crippen MR) is 71.7 cm³/mol. The first-order valence-corrected chi connectivity index (χ1v) is 6.02. The van der Waals surface area contributed by atoms with Crippen LogP contribution in [0.3, 0.4) is 0 Å². The summed E-state index contributed by atoms with van der Waals surface area (Å²) in [6.45, 7) is 2.02. The van der Waals surface area contributed by atoms with Gasteiger partial charge in [-0.2, -0.15) is 0 Å². The summed E-state index contributed by atoms with van der Waals surface area (Å²) in [6, 6.07) is 10.3. The average Bonchev–Trinajstić information content (AvgIpc) is 2.38. The highest BCUT2D eigenvalue weighted by molar-refractivity contribution is 6.30. The monoisotopic (exact) mass is 277 g/mol. The minimum Gasteiger partial charge on any atom is -0.477 e. The number of pyridine rings is 1. The molecule has 1 aromatic heterocycles. The second kappa shape index (κ2) is 5.71. The minimum absolute atomic E-state index is 0.0552. The fourth-order valence-electron chi connectivity index (χ4n) is 1.54. The molecule has 0 unspecified atom stereocenters. The van der Waals surface area contributed by atoms with E-state index in [0.717, 1.165) is 5.56 Å². The van der Waals surface area contributed by atoms with Gasteiger partial charge in [0.05, 0.1) is 0 Å². The van der Waals surface area contributed by atoms with E-state index in [4.69, 9.17) is 21.4 Å². The van der Waals surface area contributed by atoms with E-state index in [0.29, 0.717) is 10.7 Å². The van der Waals surface area contributed by atoms with E-state index < -0.39 is 5.97 Å². The van der Waals surface area contributed by atoms with Crippen molar-refractivity contribution in [3.63, 3.8) is 0 Å². The Morgan fingerprint density at radius 2 is 1.95 bits per heavy atom. The Bertz CT molecular complexity index is 596. The van der Waals surface area contributed by atoms with Crippen LogP contribution >= 0.6 is 11.6 Å². The Labute approximate surface area is 115 Å². The maximum Gasteiger partial charge on any atom is 0.341 e. The van der Waals surface area contributed by atoms with E-state index in [1.54, 1.807) is 25.1 Å². The molecule has 0 bridgehead atoms. The Morgan fingerprint density at radius 3 is 2.58 bits per heavy atom. The third-order valence-corrected chi connectivity index (χ3v) is 2.77. The van der Waals surface area contributed by atoms with Gasteiger partial charge in [-0.3, -0.25) is 0 Å². The first-order valence-electron chi connectivity index (χ1n) is 5.64. The molecule has 0 spiro atoms. The van der Waals surface area contributed by atoms with Gasteiger partial charge in [0, 0.05) is 10.7 Å². The van der Waals surface area contributed by atoms with Crippen LogP contribution in [-0.4, -0.2) is 16.1 Å². The number of hydrogen-bond donors (Lipinski definition) is 1. The molecule has 0 fully saturated rings. The predicted octanol–water partition coefficient (Wildman–Crippen LogP) is 3.32. The highest BCUT2D eigenvalue weighted by Crippen LogP contribution is 2.18. The number of rotatable bonds is 4. The normalized spacial score (nSPS) is 10.2. The molecule has 4 nitrogen and oxygen atoms in total. The minimum atomic E-state index is -1.06. The van der Waals surface area contributed by atoms with Crippen LogP contribution in [0.15, 0.2) is 36.4 Å². The number of halogens is 1. The van der Waals surface area contributed by atoms with Crippen LogP contribution in [0.4, 0.5) is 0 Å². The van der Waals surface area contributed by atoms with Crippen molar-refractivity contribution in [3.05, 3.63) is 58.2 Å². The molecule has 1 heterocycles. The third-order valence-electron chi connectivity index (χ3n) is 2.52. The molecular formula is C14H12ClNO3. The van der Waals surface area contributed by atoms with Crippen molar-refractivity contribution in [3.8, 4) is 5.88 Å². The van der Waals surface area contributed by atoms with E-state index in [9.17, 15) is 4.79 Å². The van der Waals surface area contributed by atoms with E-state index >= 15 is 0 Å². The Balaban J connectivity index is 2.16. The summed E-state index contributed by atoms with van der Waals surface area (Å²) in [6.07, 6.45) is 0. The summed E-state index contributed by atoms with van der Waals surface area (Å²) in [5, 5.41) is 9.69. The molecular weight excluding hydrogens is 266 g/mol. The fourth-order valence-corrected chi connectivity index (χ4v) is 1.66. The van der Waals surface area contributed by atoms with Gasteiger partial charge < -0.3 is 9.84 Å². The number of aromatic nitrogens is 1. The summed E-state index contributed by atoms with van der Waals surface area (Å²) in [4.78, 5) is 15.1. The summed E-state index contributed by atoms with van der Waals surface area (Å²) in [7, 11) is 0. The topological polar surface area (TPSA) is 59.4 Å². The molecule has 19 heavy (non-hydrogen) atoms. The Hall–Kier alpha value is -2.07. The van der Waals surface area contributed by atoms with E-state index in [-0.39, 0.29) is 18.1 Å². The zero-order valence-corrected chi connectivity index (χ0v) is 11.0. The number of carboxylic acid groups (broad SMARTS) is 1. The number of ether oxygens (including phenoxy) is 1. The molecule has 0 radical (unpaired) electrons. The maximum atomic E-state index is 11.1. The molecule has 0 aliphatic heterocycles. The largest absolute Gasteiger partial charge is 0.477 e. The summed E-state index contributed by atoms with van der Waals surface area (Å²) in [5.74, 6) is -0.930. The van der Waals surface area contributed by atoms with E-state index in [2.05, 4.69) is 4.98 Å². The highest BCUT2D eigenvalue weighted by Gasteiger charge is 2.13. The summed E-state index contributed by atoms with van der Waals surface area (Å²) in [5.41, 5.74) is 1.65. The zero-order valence-electron chi connectivity index (χ0n) is 10.3. The summed E-state index contributed by atoms with van der Waals surface area (Å²) < 4.78 is 5.47. The van der Waals surface area contributed by atoms with Crippen molar-refractivity contribution in [2.45, 2.75) is 13.5 Å². The maximum absolute atomic E-state index is 11.1. The second-order valence-corrected chi connectivity index (χ2v) is 4.46. The van der Waals surface area contributed by atoms with Crippen molar-refractivity contribution in [2.75, 3.05) is 0 Å².